The Balaban J connectivity index is 2.33. The van der Waals surface area contributed by atoms with Crippen LogP contribution in [0.1, 0.15) is 18.0 Å². The van der Waals surface area contributed by atoms with E-state index in [4.69, 9.17) is 28.3 Å². The van der Waals surface area contributed by atoms with Crippen molar-refractivity contribution in [3.05, 3.63) is 45.6 Å². The van der Waals surface area contributed by atoms with Crippen molar-refractivity contribution in [2.75, 3.05) is 0 Å². The zero-order valence-electron chi connectivity index (χ0n) is 10.5. The van der Waals surface area contributed by atoms with E-state index in [1.165, 1.54) is 12.1 Å². The maximum Gasteiger partial charge on any atom is 0.320 e. The summed E-state index contributed by atoms with van der Waals surface area (Å²) in [5, 5.41) is 14.3. The summed E-state index contributed by atoms with van der Waals surface area (Å²) in [7, 11) is 0. The molecule has 1 aromatic carbocycles. The highest BCUT2D eigenvalue weighted by atomic mass is 35.5. The van der Waals surface area contributed by atoms with Crippen molar-refractivity contribution in [1.82, 2.24) is 10.6 Å². The number of ketones is 1. The quantitative estimate of drug-likeness (QED) is 0.739. The lowest BCUT2D eigenvalue weighted by Gasteiger charge is -2.24. The summed E-state index contributed by atoms with van der Waals surface area (Å²) in [5.41, 5.74) is 0.480. The monoisotopic (exact) mass is 328 g/mol. The van der Waals surface area contributed by atoms with Gasteiger partial charge in [0, 0.05) is 10.0 Å². The second kappa shape index (κ2) is 6.15. The number of allylic oxidation sites excluding steroid dienone is 1. The summed E-state index contributed by atoms with van der Waals surface area (Å²) >= 11 is 11.9. The number of halogens is 2. The lowest BCUT2D eigenvalue weighted by atomic mass is 10.0. The summed E-state index contributed by atoms with van der Waals surface area (Å²) in [4.78, 5) is 33.9. The van der Waals surface area contributed by atoms with Crippen molar-refractivity contribution in [3.63, 3.8) is 0 Å². The van der Waals surface area contributed by atoms with Crippen LogP contribution < -0.4 is 10.6 Å². The molecular formula is C13H10Cl2N2O4. The van der Waals surface area contributed by atoms with Crippen LogP contribution in [0.2, 0.25) is 10.0 Å². The first kappa shape index (κ1) is 15.3. The molecule has 2 rings (SSSR count). The molecule has 1 aliphatic rings. The molecule has 6 nitrogen and oxygen atoms in total. The number of rotatable bonds is 4. The van der Waals surface area contributed by atoms with E-state index in [-0.39, 0.29) is 5.70 Å². The molecule has 0 radical (unpaired) electrons. The Morgan fingerprint density at radius 1 is 1.29 bits per heavy atom. The van der Waals surface area contributed by atoms with Gasteiger partial charge >= 0.3 is 12.0 Å². The molecule has 21 heavy (non-hydrogen) atoms. The molecule has 0 saturated heterocycles. The van der Waals surface area contributed by atoms with Crippen LogP contribution >= 0.6 is 23.2 Å². The maximum atomic E-state index is 11.7. The Morgan fingerprint density at radius 2 is 2.00 bits per heavy atom. The van der Waals surface area contributed by atoms with Gasteiger partial charge in [0.15, 0.2) is 5.78 Å². The molecule has 2 amide bonds. The molecule has 1 unspecified atom stereocenters. The van der Waals surface area contributed by atoms with Crippen LogP contribution in [0.3, 0.4) is 0 Å². The molecule has 1 atom stereocenters. The van der Waals surface area contributed by atoms with Gasteiger partial charge in [-0.25, -0.2) is 4.79 Å². The number of urea groups is 1. The summed E-state index contributed by atoms with van der Waals surface area (Å²) in [5.74, 6) is -1.96. The molecule has 0 aromatic heterocycles. The Labute approximate surface area is 129 Å². The Morgan fingerprint density at radius 3 is 2.62 bits per heavy atom. The first-order valence-electron chi connectivity index (χ1n) is 5.86. The smallest absolute Gasteiger partial charge is 0.320 e. The van der Waals surface area contributed by atoms with E-state index in [2.05, 4.69) is 10.6 Å². The SMILES string of the molecule is O=C(O)CC(=O)C1=CC(c2ccc(Cl)cc2Cl)NC(=O)N1. The van der Waals surface area contributed by atoms with Crippen LogP contribution in [-0.4, -0.2) is 22.9 Å². The minimum Gasteiger partial charge on any atom is -0.481 e. The Hall–Kier alpha value is -2.05. The van der Waals surface area contributed by atoms with Crippen molar-refractivity contribution in [2.24, 2.45) is 0 Å². The number of Topliss-reactive ketones (excluding diaryl/α,β-unsaturated/α-hetero) is 1. The van der Waals surface area contributed by atoms with E-state index in [1.54, 1.807) is 12.1 Å². The Kier molecular flexibility index (Phi) is 4.50. The highest BCUT2D eigenvalue weighted by Crippen LogP contribution is 2.28. The normalized spacial score (nSPS) is 17.5. The average molecular weight is 329 g/mol. The largest absolute Gasteiger partial charge is 0.481 e. The van der Waals surface area contributed by atoms with Gasteiger partial charge in [-0.15, -0.1) is 0 Å². The van der Waals surface area contributed by atoms with Crippen molar-refractivity contribution >= 4 is 41.0 Å². The third-order valence-corrected chi connectivity index (χ3v) is 3.34. The topological polar surface area (TPSA) is 95.5 Å². The molecule has 1 heterocycles. The van der Waals surface area contributed by atoms with Gasteiger partial charge in [0.1, 0.15) is 6.42 Å². The van der Waals surface area contributed by atoms with Crippen LogP contribution in [0.25, 0.3) is 0 Å². The number of aliphatic carboxylic acids is 1. The van der Waals surface area contributed by atoms with Gasteiger partial charge in [-0.1, -0.05) is 29.3 Å². The number of hydrogen-bond donors (Lipinski definition) is 3. The Bertz CT molecular complexity index is 658. The second-order valence-corrected chi connectivity index (χ2v) is 5.16. The fourth-order valence-corrected chi connectivity index (χ4v) is 2.39. The minimum atomic E-state index is -1.27. The molecule has 110 valence electrons. The fraction of sp³-hybridized carbons (Fsp3) is 0.154. The van der Waals surface area contributed by atoms with Gasteiger partial charge in [0.2, 0.25) is 0 Å². The first-order chi connectivity index (χ1) is 9.86. The molecule has 1 aliphatic heterocycles. The van der Waals surface area contributed by atoms with E-state index in [1.807, 2.05) is 0 Å². The van der Waals surface area contributed by atoms with Crippen molar-refractivity contribution < 1.29 is 19.5 Å². The van der Waals surface area contributed by atoms with Gasteiger partial charge in [0.05, 0.1) is 11.7 Å². The number of benzene rings is 1. The third-order valence-electron chi connectivity index (χ3n) is 2.78. The molecule has 0 bridgehead atoms. The average Bonchev–Trinajstić information content (AvgIpc) is 2.37. The fourth-order valence-electron chi connectivity index (χ4n) is 1.87. The lowest BCUT2D eigenvalue weighted by molar-refractivity contribution is -0.139. The zero-order valence-corrected chi connectivity index (χ0v) is 12.0. The predicted octanol–water partition coefficient (Wildman–Crippen LogP) is 2.28. The summed E-state index contributed by atoms with van der Waals surface area (Å²) < 4.78 is 0. The van der Waals surface area contributed by atoms with Crippen LogP contribution in [0.15, 0.2) is 30.0 Å². The standard InChI is InChI=1S/C13H10Cl2N2O4/c14-6-1-2-7(8(15)3-6)9-4-10(17-13(21)16-9)11(18)5-12(19)20/h1-4,9H,5H2,(H,19,20)(H2,16,17,21). The number of carbonyl (C=O) groups is 3. The maximum absolute atomic E-state index is 11.7. The lowest BCUT2D eigenvalue weighted by Crippen LogP contribution is -2.43. The van der Waals surface area contributed by atoms with Crippen LogP contribution in [0.5, 0.6) is 0 Å². The molecule has 0 fully saturated rings. The van der Waals surface area contributed by atoms with E-state index in [0.29, 0.717) is 15.6 Å². The third kappa shape index (κ3) is 3.74. The first-order valence-corrected chi connectivity index (χ1v) is 6.61. The van der Waals surface area contributed by atoms with Gasteiger partial charge in [0.25, 0.3) is 0 Å². The molecule has 0 saturated carbocycles. The number of carboxylic acid groups (broad SMARTS) is 1. The molecule has 3 N–H and O–H groups in total. The number of carboxylic acids is 1. The van der Waals surface area contributed by atoms with Gasteiger partial charge in [-0.3, -0.25) is 9.59 Å². The molecular weight excluding hydrogens is 319 g/mol. The second-order valence-electron chi connectivity index (χ2n) is 4.32. The summed E-state index contributed by atoms with van der Waals surface area (Å²) in [6.45, 7) is 0. The summed E-state index contributed by atoms with van der Waals surface area (Å²) in [6, 6.07) is 3.48. The number of amides is 2. The van der Waals surface area contributed by atoms with Crippen LogP contribution in [0.4, 0.5) is 4.79 Å². The van der Waals surface area contributed by atoms with E-state index in [9.17, 15) is 14.4 Å². The van der Waals surface area contributed by atoms with Crippen molar-refractivity contribution in [3.8, 4) is 0 Å². The number of carbonyl (C=O) groups excluding carboxylic acids is 2. The van der Waals surface area contributed by atoms with Crippen molar-refractivity contribution in [1.29, 1.82) is 0 Å². The molecule has 8 heteroatoms. The van der Waals surface area contributed by atoms with Crippen LogP contribution in [-0.2, 0) is 9.59 Å². The molecule has 0 aliphatic carbocycles. The molecule has 0 spiro atoms. The number of nitrogens with one attached hydrogen (secondary N) is 2. The van der Waals surface area contributed by atoms with Crippen LogP contribution in [0, 0.1) is 0 Å². The van der Waals surface area contributed by atoms with Gasteiger partial charge < -0.3 is 15.7 Å². The van der Waals surface area contributed by atoms with E-state index >= 15 is 0 Å². The predicted molar refractivity (Wildman–Crippen MR) is 76.2 cm³/mol. The highest BCUT2D eigenvalue weighted by Gasteiger charge is 2.25. The number of hydrogen-bond acceptors (Lipinski definition) is 3. The van der Waals surface area contributed by atoms with Gasteiger partial charge in [-0.2, -0.15) is 0 Å². The zero-order chi connectivity index (χ0) is 15.6. The van der Waals surface area contributed by atoms with Crippen molar-refractivity contribution in [2.45, 2.75) is 12.5 Å². The molecule has 1 aromatic rings. The van der Waals surface area contributed by atoms with E-state index < -0.39 is 30.2 Å². The van der Waals surface area contributed by atoms with E-state index in [0.717, 1.165) is 0 Å². The van der Waals surface area contributed by atoms with Gasteiger partial charge in [-0.05, 0) is 23.8 Å². The minimum absolute atomic E-state index is 0.0721. The highest BCUT2D eigenvalue weighted by molar-refractivity contribution is 6.35. The summed E-state index contributed by atoms with van der Waals surface area (Å²) in [6.07, 6.45) is 0.717.